The summed E-state index contributed by atoms with van der Waals surface area (Å²) in [5.74, 6) is -1.90. The van der Waals surface area contributed by atoms with Crippen molar-refractivity contribution >= 4 is 17.8 Å². The molecule has 0 saturated carbocycles. The zero-order chi connectivity index (χ0) is 24.1. The van der Waals surface area contributed by atoms with Crippen LogP contribution in [-0.2, 0) is 25.7 Å². The van der Waals surface area contributed by atoms with Crippen molar-refractivity contribution in [2.75, 3.05) is 47.4 Å². The number of carbonyl (C=O) groups excluding carboxylic acids is 2. The van der Waals surface area contributed by atoms with Crippen molar-refractivity contribution in [2.45, 2.75) is 24.9 Å². The van der Waals surface area contributed by atoms with Gasteiger partial charge in [0, 0.05) is 33.7 Å². The van der Waals surface area contributed by atoms with Gasteiger partial charge in [-0.05, 0) is 17.7 Å². The molecule has 12 heteroatoms. The molecule has 1 aromatic rings. The number of hydrogen-bond acceptors (Lipinski definition) is 6. The molecule has 0 aromatic heterocycles. The minimum Gasteiger partial charge on any atom is -0.497 e. The van der Waals surface area contributed by atoms with Crippen LogP contribution in [0.4, 0.5) is 13.2 Å². The highest BCUT2D eigenvalue weighted by Gasteiger charge is 2.43. The third kappa shape index (κ3) is 6.82. The zero-order valence-corrected chi connectivity index (χ0v) is 18.0. The minimum absolute atomic E-state index is 0.00199. The van der Waals surface area contributed by atoms with Gasteiger partial charge in [-0.25, -0.2) is 4.79 Å². The molecule has 1 N–H and O–H groups in total. The van der Waals surface area contributed by atoms with Crippen LogP contribution in [0.25, 0.3) is 0 Å². The molecule has 2 amide bonds. The normalized spacial score (nSPS) is 20.8. The number of methoxy groups -OCH3 is 1. The van der Waals surface area contributed by atoms with Crippen molar-refractivity contribution in [1.29, 1.82) is 0 Å². The fourth-order valence-corrected chi connectivity index (χ4v) is 3.34. The van der Waals surface area contributed by atoms with Gasteiger partial charge in [-0.1, -0.05) is 12.1 Å². The molecule has 2 atom stereocenters. The Morgan fingerprint density at radius 3 is 2.31 bits per heavy atom. The van der Waals surface area contributed by atoms with Gasteiger partial charge in [0.1, 0.15) is 12.4 Å². The van der Waals surface area contributed by atoms with Gasteiger partial charge in [-0.2, -0.15) is 13.2 Å². The molecule has 32 heavy (non-hydrogen) atoms. The van der Waals surface area contributed by atoms with E-state index in [9.17, 15) is 22.8 Å². The van der Waals surface area contributed by atoms with Gasteiger partial charge in [0.2, 0.25) is 11.8 Å². The summed E-state index contributed by atoms with van der Waals surface area (Å²) in [6.07, 6.45) is -5.12. The number of aliphatic carboxylic acids is 1. The Morgan fingerprint density at radius 2 is 1.81 bits per heavy atom. The number of fused-ring (bicyclic) bond motifs is 1. The van der Waals surface area contributed by atoms with Crippen LogP contribution in [0.5, 0.6) is 5.75 Å². The topological polar surface area (TPSA) is 99.6 Å². The maximum Gasteiger partial charge on any atom is 0.490 e. The Labute approximate surface area is 183 Å². The number of rotatable bonds is 5. The summed E-state index contributed by atoms with van der Waals surface area (Å²) in [7, 11) is 5.14. The summed E-state index contributed by atoms with van der Waals surface area (Å²) in [5, 5.41) is 7.12. The number of hydrogen-bond donors (Lipinski definition) is 1. The number of ether oxygens (including phenoxy) is 2. The first-order valence-electron chi connectivity index (χ1n) is 9.69. The van der Waals surface area contributed by atoms with Gasteiger partial charge < -0.3 is 24.4 Å². The SMILES string of the molecule is COc1ccc(CN2C(=O)CO[C@@H]3CN(CC(=O)N(C)C)C[C@H]32)cc1.O=C(O)C(F)(F)F. The van der Waals surface area contributed by atoms with E-state index in [4.69, 9.17) is 19.4 Å². The number of likely N-dealkylation sites (tertiary alicyclic amines) is 1. The monoisotopic (exact) mass is 461 g/mol. The maximum atomic E-state index is 12.4. The van der Waals surface area contributed by atoms with Crippen LogP contribution in [0.3, 0.4) is 0 Å². The molecular weight excluding hydrogens is 435 g/mol. The standard InChI is InChI=1S/C18H25N3O4.C2HF3O2/c1-19(2)17(22)11-20-9-15-16(10-20)25-12-18(23)21(15)8-13-4-6-14(24-3)7-5-13;3-2(4,5)1(6)7/h4-7,15-16H,8-12H2,1-3H3;(H,6,7)/t15-,16-;/m1./s1. The molecule has 3 rings (SSSR count). The van der Waals surface area contributed by atoms with E-state index in [1.807, 2.05) is 29.2 Å². The molecule has 2 saturated heterocycles. The van der Waals surface area contributed by atoms with Gasteiger partial charge in [0.25, 0.3) is 0 Å². The molecular formula is C20H26F3N3O6. The maximum absolute atomic E-state index is 12.4. The number of carbonyl (C=O) groups is 3. The molecule has 0 spiro atoms. The summed E-state index contributed by atoms with van der Waals surface area (Å²) in [6.45, 7) is 2.34. The number of amides is 2. The van der Waals surface area contributed by atoms with E-state index in [1.54, 1.807) is 26.1 Å². The summed E-state index contributed by atoms with van der Waals surface area (Å²) in [6, 6.07) is 7.72. The van der Waals surface area contributed by atoms with Crippen molar-refractivity contribution in [1.82, 2.24) is 14.7 Å². The third-order valence-corrected chi connectivity index (χ3v) is 5.07. The highest BCUT2D eigenvalue weighted by molar-refractivity contribution is 5.79. The lowest BCUT2D eigenvalue weighted by Gasteiger charge is -2.36. The van der Waals surface area contributed by atoms with Crippen LogP contribution < -0.4 is 4.74 Å². The molecule has 0 radical (unpaired) electrons. The quantitative estimate of drug-likeness (QED) is 0.694. The molecule has 0 bridgehead atoms. The summed E-state index contributed by atoms with van der Waals surface area (Å²) < 4.78 is 42.6. The molecule has 2 aliphatic rings. The molecule has 2 aliphatic heterocycles. The van der Waals surface area contributed by atoms with Crippen LogP contribution in [0, 0.1) is 0 Å². The molecule has 0 unspecified atom stereocenters. The lowest BCUT2D eigenvalue weighted by Crippen LogP contribution is -2.53. The van der Waals surface area contributed by atoms with Crippen LogP contribution in [0.15, 0.2) is 24.3 Å². The number of carboxylic acid groups (broad SMARTS) is 1. The largest absolute Gasteiger partial charge is 0.497 e. The van der Waals surface area contributed by atoms with Crippen molar-refractivity contribution in [3.05, 3.63) is 29.8 Å². The summed E-state index contributed by atoms with van der Waals surface area (Å²) in [4.78, 5) is 38.8. The number of carboxylic acids is 1. The Morgan fingerprint density at radius 1 is 1.22 bits per heavy atom. The summed E-state index contributed by atoms with van der Waals surface area (Å²) in [5.41, 5.74) is 1.05. The second-order valence-electron chi connectivity index (χ2n) is 7.57. The average Bonchev–Trinajstić information content (AvgIpc) is 3.13. The fraction of sp³-hybridized carbons (Fsp3) is 0.550. The number of benzene rings is 1. The van der Waals surface area contributed by atoms with Crippen LogP contribution >= 0.6 is 0 Å². The molecule has 1 aromatic carbocycles. The van der Waals surface area contributed by atoms with E-state index >= 15 is 0 Å². The van der Waals surface area contributed by atoms with Crippen molar-refractivity contribution < 1.29 is 42.1 Å². The van der Waals surface area contributed by atoms with E-state index in [1.165, 1.54) is 0 Å². The predicted octanol–water partition coefficient (Wildman–Crippen LogP) is 0.828. The number of alkyl halides is 3. The lowest BCUT2D eigenvalue weighted by molar-refractivity contribution is -0.192. The number of halogens is 3. The Bertz CT molecular complexity index is 816. The third-order valence-electron chi connectivity index (χ3n) is 5.07. The number of morpholine rings is 1. The average molecular weight is 461 g/mol. The molecule has 2 heterocycles. The second kappa shape index (κ2) is 10.6. The number of nitrogens with zero attached hydrogens (tertiary/aromatic N) is 3. The van der Waals surface area contributed by atoms with E-state index in [2.05, 4.69) is 4.90 Å². The lowest BCUT2D eigenvalue weighted by atomic mass is 10.1. The predicted molar refractivity (Wildman–Crippen MR) is 106 cm³/mol. The number of likely N-dealkylation sites (N-methyl/N-ethyl adjacent to an activating group) is 1. The van der Waals surface area contributed by atoms with Crippen LogP contribution in [0.1, 0.15) is 5.56 Å². The van der Waals surface area contributed by atoms with Gasteiger partial charge >= 0.3 is 12.1 Å². The van der Waals surface area contributed by atoms with Gasteiger partial charge in [0.05, 0.1) is 25.8 Å². The first kappa shape index (κ1) is 25.4. The Kier molecular flexibility index (Phi) is 8.44. The van der Waals surface area contributed by atoms with E-state index in [0.717, 1.165) is 11.3 Å². The first-order chi connectivity index (χ1) is 14.9. The van der Waals surface area contributed by atoms with Crippen LogP contribution in [0.2, 0.25) is 0 Å². The smallest absolute Gasteiger partial charge is 0.490 e. The van der Waals surface area contributed by atoms with Crippen molar-refractivity contribution in [3.63, 3.8) is 0 Å². The first-order valence-corrected chi connectivity index (χ1v) is 9.69. The van der Waals surface area contributed by atoms with Crippen LogP contribution in [-0.4, -0.2) is 103 Å². The Balaban J connectivity index is 0.000000451. The van der Waals surface area contributed by atoms with E-state index < -0.39 is 12.1 Å². The van der Waals surface area contributed by atoms with Crippen molar-refractivity contribution in [3.8, 4) is 5.75 Å². The van der Waals surface area contributed by atoms with Gasteiger partial charge in [-0.15, -0.1) is 0 Å². The van der Waals surface area contributed by atoms with Gasteiger partial charge in [-0.3, -0.25) is 14.5 Å². The zero-order valence-electron chi connectivity index (χ0n) is 18.0. The van der Waals surface area contributed by atoms with E-state index in [-0.39, 0.29) is 30.6 Å². The fourth-order valence-electron chi connectivity index (χ4n) is 3.34. The van der Waals surface area contributed by atoms with Gasteiger partial charge in [0.15, 0.2) is 0 Å². The highest BCUT2D eigenvalue weighted by Crippen LogP contribution is 2.25. The second-order valence-corrected chi connectivity index (χ2v) is 7.57. The summed E-state index contributed by atoms with van der Waals surface area (Å²) >= 11 is 0. The molecule has 9 nitrogen and oxygen atoms in total. The van der Waals surface area contributed by atoms with Crippen molar-refractivity contribution in [2.24, 2.45) is 0 Å². The molecule has 0 aliphatic carbocycles. The Hall–Kier alpha value is -2.86. The molecule has 2 fully saturated rings. The minimum atomic E-state index is -5.08. The molecule has 178 valence electrons. The highest BCUT2D eigenvalue weighted by atomic mass is 19.4. The van der Waals surface area contributed by atoms with E-state index in [0.29, 0.717) is 26.2 Å².